The van der Waals surface area contributed by atoms with Crippen molar-refractivity contribution >= 4 is 44.5 Å². The van der Waals surface area contributed by atoms with Gasteiger partial charge in [-0.3, -0.25) is 0 Å². The number of fused-ring (bicyclic) bond motifs is 4. The second-order valence-electron chi connectivity index (χ2n) is 12.6. The topological polar surface area (TPSA) is 50.9 Å². The van der Waals surface area contributed by atoms with Gasteiger partial charge < -0.3 is 9.67 Å². The number of aromatic hydroxyl groups is 1. The van der Waals surface area contributed by atoms with Crippen molar-refractivity contribution in [3.63, 3.8) is 0 Å². The van der Waals surface area contributed by atoms with E-state index in [0.29, 0.717) is 5.52 Å². The number of hydrogen-bond donors (Lipinski definition) is 1. The van der Waals surface area contributed by atoms with Crippen LogP contribution in [0.1, 0.15) is 43.0 Å². The van der Waals surface area contributed by atoms with Crippen molar-refractivity contribution in [2.24, 2.45) is 0 Å². The van der Waals surface area contributed by atoms with E-state index in [2.05, 4.69) is 119 Å². The Hall–Kier alpha value is -3.92. The molecule has 1 N–H and O–H groups in total. The summed E-state index contributed by atoms with van der Waals surface area (Å²) in [6, 6.07) is 33.0. The fourth-order valence-corrected chi connectivity index (χ4v) is 7.14. The molecule has 0 aliphatic heterocycles. The zero-order chi connectivity index (χ0) is 30.7. The number of para-hydroxylation sites is 1. The predicted octanol–water partition coefficient (Wildman–Crippen LogP) is 10.3. The maximum absolute atomic E-state index is 10.9. The first-order chi connectivity index (χ1) is 21.1. The van der Waals surface area contributed by atoms with E-state index in [1.165, 1.54) is 33.2 Å². The van der Waals surface area contributed by atoms with Crippen molar-refractivity contribution < 1.29 is 26.2 Å². The third-order valence-corrected chi connectivity index (χ3v) is 9.26. The molecule has 228 valence electrons. The molecule has 45 heavy (non-hydrogen) atoms. The molecule has 0 aliphatic rings. The van der Waals surface area contributed by atoms with Crippen molar-refractivity contribution in [1.29, 1.82) is 0 Å². The summed E-state index contributed by atoms with van der Waals surface area (Å²) in [5.74, 6) is 1.06. The predicted molar refractivity (Wildman–Crippen MR) is 183 cm³/mol. The Morgan fingerprint density at radius 3 is 2.29 bits per heavy atom. The molecular formula is C39H34N3OPtS-. The average Bonchev–Trinajstić information content (AvgIpc) is 3.31. The fourth-order valence-electron chi connectivity index (χ4n) is 6.36. The third-order valence-electron chi connectivity index (χ3n) is 8.37. The first kappa shape index (κ1) is 31.1. The summed E-state index contributed by atoms with van der Waals surface area (Å²) in [4.78, 5) is 10.7. The molecule has 4 aromatic carbocycles. The van der Waals surface area contributed by atoms with Crippen molar-refractivity contribution in [1.82, 2.24) is 14.5 Å². The summed E-state index contributed by atoms with van der Waals surface area (Å²) < 4.78 is 2.21. The molecule has 0 aliphatic carbocycles. The van der Waals surface area contributed by atoms with Crippen LogP contribution in [0.15, 0.2) is 101 Å². The maximum Gasteiger partial charge on any atom is 0.141 e. The van der Waals surface area contributed by atoms with E-state index < -0.39 is 0 Å². The number of aryl methyl sites for hydroxylation is 3. The molecule has 0 atom stereocenters. The van der Waals surface area contributed by atoms with E-state index in [-0.39, 0.29) is 32.2 Å². The van der Waals surface area contributed by atoms with Crippen LogP contribution in [0.2, 0.25) is 0 Å². The molecule has 3 aromatic heterocycles. The number of aromatic nitrogens is 3. The number of hydrogen-bond acceptors (Lipinski definition) is 4. The van der Waals surface area contributed by atoms with E-state index in [9.17, 15) is 5.11 Å². The molecule has 3 heterocycles. The van der Waals surface area contributed by atoms with Crippen molar-refractivity contribution in [3.8, 4) is 22.7 Å². The minimum absolute atomic E-state index is 0. The number of phenols is 1. The summed E-state index contributed by atoms with van der Waals surface area (Å²) in [5.41, 5.74) is 9.87. The second-order valence-corrected chi connectivity index (χ2v) is 13.7. The number of pyridine rings is 2. The van der Waals surface area contributed by atoms with Crippen LogP contribution in [0.3, 0.4) is 0 Å². The van der Waals surface area contributed by atoms with E-state index in [1.54, 1.807) is 17.8 Å². The molecule has 0 amide bonds. The van der Waals surface area contributed by atoms with Gasteiger partial charge in [-0.25, -0.2) is 9.97 Å². The van der Waals surface area contributed by atoms with Crippen LogP contribution < -0.4 is 0 Å². The summed E-state index contributed by atoms with van der Waals surface area (Å²) in [6.07, 6.45) is 1.90. The number of nitrogens with zero attached hydrogens (tertiary/aromatic N) is 3. The van der Waals surface area contributed by atoms with Crippen LogP contribution in [0.5, 0.6) is 5.75 Å². The first-order valence-corrected chi connectivity index (χ1v) is 15.7. The summed E-state index contributed by atoms with van der Waals surface area (Å²) >= 11 is 1.55. The Morgan fingerprint density at radius 2 is 1.53 bits per heavy atom. The van der Waals surface area contributed by atoms with Gasteiger partial charge in [0.2, 0.25) is 0 Å². The Kier molecular flexibility index (Phi) is 8.14. The third kappa shape index (κ3) is 5.58. The number of phenolic OH excluding ortho intramolecular Hbond substituents is 1. The standard InChI is InChI=1S/C39H34N3OS.Pt/c1-23-19-24(2)37(25(3)20-23)30-13-15-34(43)38-31(30)14-16-36(41-38)44-27-11-12-29-28-9-7-8-10-32(28)42(33(29)22-27)35-21-26(17-18-40-35)39(4,5)6;/h7-21,43H,1-6H3;/q-1;. The van der Waals surface area contributed by atoms with Gasteiger partial charge in [0, 0.05) is 38.2 Å². The molecule has 7 aromatic rings. The zero-order valence-corrected chi connectivity index (χ0v) is 29.3. The largest absolute Gasteiger partial charge is 0.506 e. The molecule has 0 saturated heterocycles. The van der Waals surface area contributed by atoms with Gasteiger partial charge in [-0.15, -0.1) is 11.5 Å². The molecule has 0 fully saturated rings. The minimum Gasteiger partial charge on any atom is -0.506 e. The van der Waals surface area contributed by atoms with Crippen LogP contribution >= 0.6 is 11.8 Å². The van der Waals surface area contributed by atoms with Gasteiger partial charge in [-0.2, -0.15) is 12.1 Å². The molecule has 7 rings (SSSR count). The van der Waals surface area contributed by atoms with Gasteiger partial charge in [-0.1, -0.05) is 78.8 Å². The van der Waals surface area contributed by atoms with Crippen molar-refractivity contribution in [3.05, 3.63) is 119 Å². The maximum atomic E-state index is 10.9. The Balaban J connectivity index is 0.00000357. The van der Waals surface area contributed by atoms with E-state index in [4.69, 9.17) is 9.97 Å². The SMILES string of the molecule is Cc1cc(C)c(-c2ccc(O)c3nc(Sc4[c-]c5c(cc4)c4ccccc4n5-c4cc(C(C)(C)C)ccn4)ccc23)c(C)c1.[Pt]. The number of benzene rings is 4. The van der Waals surface area contributed by atoms with Gasteiger partial charge in [0.25, 0.3) is 0 Å². The van der Waals surface area contributed by atoms with Gasteiger partial charge in [0.15, 0.2) is 0 Å². The Bertz CT molecular complexity index is 2220. The molecule has 4 nitrogen and oxygen atoms in total. The normalized spacial score (nSPS) is 11.8. The minimum atomic E-state index is 0. The summed E-state index contributed by atoms with van der Waals surface area (Å²) in [7, 11) is 0. The fraction of sp³-hybridized carbons (Fsp3) is 0.179. The quantitative estimate of drug-likeness (QED) is 0.181. The first-order valence-electron chi connectivity index (χ1n) is 14.9. The summed E-state index contributed by atoms with van der Waals surface area (Å²) in [5, 5.41) is 14.9. The van der Waals surface area contributed by atoms with E-state index >= 15 is 0 Å². The van der Waals surface area contributed by atoms with Crippen LogP contribution in [-0.4, -0.2) is 19.6 Å². The van der Waals surface area contributed by atoms with Crippen molar-refractivity contribution in [2.75, 3.05) is 0 Å². The summed E-state index contributed by atoms with van der Waals surface area (Å²) in [6.45, 7) is 13.1. The molecule has 0 radical (unpaired) electrons. The van der Waals surface area contributed by atoms with Gasteiger partial charge in [-0.05, 0) is 102 Å². The zero-order valence-electron chi connectivity index (χ0n) is 26.2. The van der Waals surface area contributed by atoms with E-state index in [1.807, 2.05) is 18.3 Å². The number of rotatable bonds is 4. The van der Waals surface area contributed by atoms with Crippen LogP contribution in [0, 0.1) is 26.8 Å². The molecule has 0 saturated carbocycles. The average molecular weight is 788 g/mol. The van der Waals surface area contributed by atoms with Crippen LogP contribution in [0.4, 0.5) is 0 Å². The molecule has 0 bridgehead atoms. The van der Waals surface area contributed by atoms with Crippen molar-refractivity contribution in [2.45, 2.75) is 56.9 Å². The smallest absolute Gasteiger partial charge is 0.141 e. The molecule has 6 heteroatoms. The Labute approximate surface area is 282 Å². The van der Waals surface area contributed by atoms with Gasteiger partial charge >= 0.3 is 0 Å². The van der Waals surface area contributed by atoms with Gasteiger partial charge in [0.05, 0.1) is 5.03 Å². The van der Waals surface area contributed by atoms with Gasteiger partial charge in [0.1, 0.15) is 17.1 Å². The monoisotopic (exact) mass is 787 g/mol. The van der Waals surface area contributed by atoms with E-state index in [0.717, 1.165) is 43.1 Å². The second kappa shape index (κ2) is 11.8. The van der Waals surface area contributed by atoms with Crippen LogP contribution in [0.25, 0.3) is 49.7 Å². The Morgan fingerprint density at radius 1 is 0.800 bits per heavy atom. The molecule has 0 spiro atoms. The molecular weight excluding hydrogens is 754 g/mol. The van der Waals surface area contributed by atoms with Crippen LogP contribution in [-0.2, 0) is 26.5 Å². The molecule has 0 unspecified atom stereocenters.